The Morgan fingerprint density at radius 2 is 2.07 bits per heavy atom. The van der Waals surface area contributed by atoms with Gasteiger partial charge in [0.1, 0.15) is 0 Å². The Morgan fingerprint density at radius 1 is 1.36 bits per heavy atom. The van der Waals surface area contributed by atoms with Crippen LogP contribution in [-0.4, -0.2) is 36.2 Å². The van der Waals surface area contributed by atoms with Crippen molar-refractivity contribution in [2.24, 2.45) is 0 Å². The first-order valence-corrected chi connectivity index (χ1v) is 4.28. The van der Waals surface area contributed by atoms with E-state index in [0.717, 1.165) is 38.5 Å². The lowest BCUT2D eigenvalue weighted by Crippen LogP contribution is -2.42. The summed E-state index contributed by atoms with van der Waals surface area (Å²) in [5.74, 6) is 0.955. The molecule has 0 saturated carbocycles. The second-order valence-corrected chi connectivity index (χ2v) is 3.00. The second kappa shape index (κ2) is 7.06. The van der Waals surface area contributed by atoms with Gasteiger partial charge in [-0.15, -0.1) is 24.8 Å². The minimum absolute atomic E-state index is 0. The smallest absolute Gasteiger partial charge is 0.150 e. The van der Waals surface area contributed by atoms with Gasteiger partial charge in [-0.3, -0.25) is 4.90 Å². The molecule has 0 spiro atoms. The summed E-state index contributed by atoms with van der Waals surface area (Å²) in [7, 11) is 0. The highest BCUT2D eigenvalue weighted by molar-refractivity contribution is 5.85. The van der Waals surface area contributed by atoms with Gasteiger partial charge in [-0.2, -0.15) is 0 Å². The maximum atomic E-state index is 5.02. The van der Waals surface area contributed by atoms with Gasteiger partial charge in [0.25, 0.3) is 0 Å². The molecule has 4 nitrogen and oxygen atoms in total. The number of rotatable bonds is 2. The number of nitrogens with zero attached hydrogens (tertiary/aromatic N) is 2. The quantitative estimate of drug-likeness (QED) is 0.834. The van der Waals surface area contributed by atoms with Crippen LogP contribution in [0.2, 0.25) is 0 Å². The Labute approximate surface area is 95.8 Å². The van der Waals surface area contributed by atoms with Gasteiger partial charge in [0, 0.05) is 32.2 Å². The highest BCUT2D eigenvalue weighted by atomic mass is 35.5. The van der Waals surface area contributed by atoms with Gasteiger partial charge in [0.2, 0.25) is 0 Å². The van der Waals surface area contributed by atoms with Crippen LogP contribution in [0.4, 0.5) is 0 Å². The third-order valence-corrected chi connectivity index (χ3v) is 2.08. The van der Waals surface area contributed by atoms with Crippen LogP contribution in [0.15, 0.2) is 16.8 Å². The van der Waals surface area contributed by atoms with Crippen LogP contribution in [0.5, 0.6) is 0 Å². The van der Waals surface area contributed by atoms with Crippen molar-refractivity contribution >= 4 is 24.8 Å². The molecule has 0 amide bonds. The maximum absolute atomic E-state index is 5.02. The summed E-state index contributed by atoms with van der Waals surface area (Å²) in [6.07, 6.45) is 1.69. The topological polar surface area (TPSA) is 41.3 Å². The highest BCUT2D eigenvalue weighted by Gasteiger charge is 2.10. The molecule has 1 aliphatic heterocycles. The van der Waals surface area contributed by atoms with Gasteiger partial charge in [-0.25, -0.2) is 0 Å². The molecule has 1 aromatic heterocycles. The molecule has 1 N–H and O–H groups in total. The Bertz CT molecular complexity index is 225. The van der Waals surface area contributed by atoms with Crippen LogP contribution in [0.1, 0.15) is 5.76 Å². The molecule has 2 heterocycles. The van der Waals surface area contributed by atoms with E-state index in [0.29, 0.717) is 0 Å². The fraction of sp³-hybridized carbons (Fsp3) is 0.625. The van der Waals surface area contributed by atoms with Crippen molar-refractivity contribution in [1.29, 1.82) is 0 Å². The van der Waals surface area contributed by atoms with E-state index < -0.39 is 0 Å². The first-order valence-electron chi connectivity index (χ1n) is 4.28. The van der Waals surface area contributed by atoms with Crippen molar-refractivity contribution in [1.82, 2.24) is 15.4 Å². The standard InChI is InChI=1S/C8H13N3O.2ClH/c1-2-10-12-8(1)7-11-5-3-9-4-6-11;;/h1-2,9H,3-7H2;2*1H. The van der Waals surface area contributed by atoms with Crippen molar-refractivity contribution in [3.05, 3.63) is 18.0 Å². The van der Waals surface area contributed by atoms with E-state index in [1.54, 1.807) is 6.20 Å². The second-order valence-electron chi connectivity index (χ2n) is 3.00. The minimum atomic E-state index is 0. The molecular formula is C8H15Cl2N3O. The fourth-order valence-corrected chi connectivity index (χ4v) is 1.41. The van der Waals surface area contributed by atoms with Crippen LogP contribution in [0.25, 0.3) is 0 Å². The van der Waals surface area contributed by atoms with Crippen LogP contribution in [0.3, 0.4) is 0 Å². The fourth-order valence-electron chi connectivity index (χ4n) is 1.41. The van der Waals surface area contributed by atoms with Gasteiger partial charge < -0.3 is 9.84 Å². The van der Waals surface area contributed by atoms with Crippen molar-refractivity contribution in [3.8, 4) is 0 Å². The van der Waals surface area contributed by atoms with Gasteiger partial charge in [0.15, 0.2) is 5.76 Å². The zero-order valence-electron chi connectivity index (χ0n) is 7.81. The average Bonchev–Trinajstić information content (AvgIpc) is 2.59. The van der Waals surface area contributed by atoms with E-state index in [4.69, 9.17) is 4.52 Å². The predicted molar refractivity (Wildman–Crippen MR) is 59.1 cm³/mol. The average molecular weight is 240 g/mol. The number of hydrogen-bond acceptors (Lipinski definition) is 4. The zero-order valence-corrected chi connectivity index (χ0v) is 9.44. The number of aromatic nitrogens is 1. The highest BCUT2D eigenvalue weighted by Crippen LogP contribution is 2.03. The molecule has 14 heavy (non-hydrogen) atoms. The Kier molecular flexibility index (Phi) is 6.92. The number of hydrogen-bond donors (Lipinski definition) is 1. The van der Waals surface area contributed by atoms with E-state index in [9.17, 15) is 0 Å². The van der Waals surface area contributed by atoms with E-state index in [1.807, 2.05) is 6.07 Å². The summed E-state index contributed by atoms with van der Waals surface area (Å²) in [6.45, 7) is 5.24. The molecule has 0 aliphatic carbocycles. The molecule has 0 aromatic carbocycles. The lowest BCUT2D eigenvalue weighted by atomic mass is 10.3. The third-order valence-electron chi connectivity index (χ3n) is 2.08. The lowest BCUT2D eigenvalue weighted by Gasteiger charge is -2.25. The van der Waals surface area contributed by atoms with E-state index >= 15 is 0 Å². The molecular weight excluding hydrogens is 225 g/mol. The van der Waals surface area contributed by atoms with Crippen LogP contribution in [0, 0.1) is 0 Å². The molecule has 2 rings (SSSR count). The van der Waals surface area contributed by atoms with Crippen LogP contribution < -0.4 is 5.32 Å². The summed E-state index contributed by atoms with van der Waals surface area (Å²) in [4.78, 5) is 2.36. The molecule has 0 atom stereocenters. The summed E-state index contributed by atoms with van der Waals surface area (Å²) >= 11 is 0. The molecule has 1 saturated heterocycles. The van der Waals surface area contributed by atoms with Gasteiger partial charge in [-0.05, 0) is 0 Å². The Balaban J connectivity index is 0.000000845. The van der Waals surface area contributed by atoms with Crippen molar-refractivity contribution in [2.45, 2.75) is 6.54 Å². The summed E-state index contributed by atoms with van der Waals surface area (Å²) in [5, 5.41) is 6.98. The number of nitrogens with one attached hydrogen (secondary N) is 1. The van der Waals surface area contributed by atoms with Crippen molar-refractivity contribution < 1.29 is 4.52 Å². The molecule has 0 bridgehead atoms. The van der Waals surface area contributed by atoms with Crippen molar-refractivity contribution in [2.75, 3.05) is 26.2 Å². The largest absolute Gasteiger partial charge is 0.360 e. The number of halogens is 2. The maximum Gasteiger partial charge on any atom is 0.150 e. The first kappa shape index (κ1) is 13.7. The lowest BCUT2D eigenvalue weighted by molar-refractivity contribution is 0.207. The molecule has 1 aromatic rings. The molecule has 6 heteroatoms. The summed E-state index contributed by atoms with van der Waals surface area (Å²) < 4.78 is 5.02. The molecule has 0 radical (unpaired) electrons. The van der Waals surface area contributed by atoms with Gasteiger partial charge in [0.05, 0.1) is 12.7 Å². The summed E-state index contributed by atoms with van der Waals surface area (Å²) in [6, 6.07) is 1.92. The molecule has 1 aliphatic rings. The number of piperazine rings is 1. The minimum Gasteiger partial charge on any atom is -0.360 e. The van der Waals surface area contributed by atoms with Gasteiger partial charge >= 0.3 is 0 Å². The van der Waals surface area contributed by atoms with E-state index in [-0.39, 0.29) is 24.8 Å². The SMILES string of the molecule is Cl.Cl.c1cc(CN2CCNCC2)on1. The molecule has 1 fully saturated rings. The van der Waals surface area contributed by atoms with Crippen LogP contribution in [-0.2, 0) is 6.54 Å². The van der Waals surface area contributed by atoms with Crippen LogP contribution >= 0.6 is 24.8 Å². The third kappa shape index (κ3) is 3.84. The molecule has 82 valence electrons. The van der Waals surface area contributed by atoms with Gasteiger partial charge in [-0.1, -0.05) is 5.16 Å². The van der Waals surface area contributed by atoms with Crippen molar-refractivity contribution in [3.63, 3.8) is 0 Å². The van der Waals surface area contributed by atoms with E-state index in [2.05, 4.69) is 15.4 Å². The molecule has 0 unspecified atom stereocenters. The first-order chi connectivity index (χ1) is 5.95. The Morgan fingerprint density at radius 3 is 2.64 bits per heavy atom. The predicted octanol–water partition coefficient (Wildman–Crippen LogP) is 0.923. The zero-order chi connectivity index (χ0) is 8.23. The van der Waals surface area contributed by atoms with E-state index in [1.165, 1.54) is 0 Å². The Hall–Kier alpha value is -0.290. The summed E-state index contributed by atoms with van der Waals surface area (Å²) in [5.41, 5.74) is 0. The monoisotopic (exact) mass is 239 g/mol. The normalized spacial score (nSPS) is 16.9.